The van der Waals surface area contributed by atoms with Gasteiger partial charge in [-0.25, -0.2) is 4.39 Å². The van der Waals surface area contributed by atoms with Crippen LogP contribution in [0.15, 0.2) is 46.9 Å². The van der Waals surface area contributed by atoms with E-state index in [-0.39, 0.29) is 5.69 Å². The molecule has 110 valence electrons. The topological polar surface area (TPSA) is 29.1 Å². The Bertz CT molecular complexity index is 685. The van der Waals surface area contributed by atoms with Gasteiger partial charge in [-0.1, -0.05) is 28.1 Å². The van der Waals surface area contributed by atoms with E-state index in [1.54, 1.807) is 0 Å². The molecule has 0 unspecified atom stereocenters. The summed E-state index contributed by atoms with van der Waals surface area (Å²) in [5, 5.41) is 2.13. The maximum atomic E-state index is 13.6. The van der Waals surface area contributed by atoms with Crippen LogP contribution in [0.5, 0.6) is 0 Å². The van der Waals surface area contributed by atoms with Crippen molar-refractivity contribution in [2.45, 2.75) is 6.18 Å². The van der Waals surface area contributed by atoms with E-state index in [0.717, 1.165) is 18.2 Å². The molecule has 1 amide bonds. The van der Waals surface area contributed by atoms with Crippen molar-refractivity contribution in [1.82, 2.24) is 0 Å². The highest BCUT2D eigenvalue weighted by Crippen LogP contribution is 2.32. The van der Waals surface area contributed by atoms with Crippen LogP contribution in [0.2, 0.25) is 0 Å². The minimum atomic E-state index is -4.66. The molecule has 0 aliphatic heterocycles. The first-order valence-electron chi connectivity index (χ1n) is 5.71. The highest BCUT2D eigenvalue weighted by Gasteiger charge is 2.34. The number of nitrogens with one attached hydrogen (secondary N) is 1. The maximum absolute atomic E-state index is 13.6. The van der Waals surface area contributed by atoms with Crippen LogP contribution in [-0.2, 0) is 6.18 Å². The maximum Gasteiger partial charge on any atom is 0.417 e. The van der Waals surface area contributed by atoms with Gasteiger partial charge in [0.2, 0.25) is 0 Å². The van der Waals surface area contributed by atoms with Crippen molar-refractivity contribution >= 4 is 27.5 Å². The lowest BCUT2D eigenvalue weighted by Crippen LogP contribution is -2.19. The van der Waals surface area contributed by atoms with Gasteiger partial charge >= 0.3 is 6.18 Å². The quantitative estimate of drug-likeness (QED) is 0.760. The summed E-state index contributed by atoms with van der Waals surface area (Å²) in [5.74, 6) is -1.77. The molecular weight excluding hydrogens is 354 g/mol. The van der Waals surface area contributed by atoms with Crippen LogP contribution < -0.4 is 5.32 Å². The molecule has 1 N–H and O–H groups in total. The zero-order valence-corrected chi connectivity index (χ0v) is 11.9. The van der Waals surface area contributed by atoms with Crippen molar-refractivity contribution in [3.8, 4) is 0 Å². The number of hydrogen-bond acceptors (Lipinski definition) is 1. The van der Waals surface area contributed by atoms with Crippen LogP contribution in [-0.4, -0.2) is 5.91 Å². The Morgan fingerprint density at radius 1 is 1.10 bits per heavy atom. The van der Waals surface area contributed by atoms with Crippen molar-refractivity contribution < 1.29 is 22.4 Å². The van der Waals surface area contributed by atoms with Gasteiger partial charge in [-0.15, -0.1) is 0 Å². The van der Waals surface area contributed by atoms with Gasteiger partial charge in [-0.2, -0.15) is 13.2 Å². The fourth-order valence-electron chi connectivity index (χ4n) is 1.71. The number of halogens is 5. The zero-order valence-electron chi connectivity index (χ0n) is 10.3. The molecule has 2 aromatic rings. The van der Waals surface area contributed by atoms with E-state index < -0.39 is 29.0 Å². The number of alkyl halides is 3. The lowest BCUT2D eigenvalue weighted by molar-refractivity contribution is -0.137. The van der Waals surface area contributed by atoms with Crippen molar-refractivity contribution in [3.63, 3.8) is 0 Å². The molecule has 2 aromatic carbocycles. The summed E-state index contributed by atoms with van der Waals surface area (Å²) in [7, 11) is 0. The molecule has 0 saturated heterocycles. The Morgan fingerprint density at radius 3 is 2.38 bits per heavy atom. The number of rotatable bonds is 2. The van der Waals surface area contributed by atoms with E-state index in [0.29, 0.717) is 4.47 Å². The van der Waals surface area contributed by atoms with E-state index in [9.17, 15) is 22.4 Å². The molecule has 21 heavy (non-hydrogen) atoms. The molecule has 0 atom stereocenters. The fraction of sp³-hybridized carbons (Fsp3) is 0.0714. The third-order valence-corrected chi connectivity index (χ3v) is 3.15. The first-order chi connectivity index (χ1) is 9.79. The van der Waals surface area contributed by atoms with Gasteiger partial charge in [-0.05, 0) is 30.3 Å². The molecule has 0 aromatic heterocycles. The monoisotopic (exact) mass is 361 g/mol. The van der Waals surface area contributed by atoms with Gasteiger partial charge in [0, 0.05) is 4.47 Å². The number of anilines is 1. The van der Waals surface area contributed by atoms with Gasteiger partial charge in [0.15, 0.2) is 0 Å². The summed E-state index contributed by atoms with van der Waals surface area (Å²) in [6.07, 6.45) is -4.66. The second-order valence-corrected chi connectivity index (χ2v) is 5.04. The van der Waals surface area contributed by atoms with Gasteiger partial charge in [-0.3, -0.25) is 4.79 Å². The molecule has 0 aliphatic carbocycles. The van der Waals surface area contributed by atoms with E-state index in [1.807, 2.05) is 0 Å². The summed E-state index contributed by atoms with van der Waals surface area (Å²) < 4.78 is 52.5. The Labute approximate surface area is 125 Å². The van der Waals surface area contributed by atoms with Crippen molar-refractivity contribution in [3.05, 3.63) is 63.9 Å². The van der Waals surface area contributed by atoms with Gasteiger partial charge in [0.05, 0.1) is 16.8 Å². The predicted octanol–water partition coefficient (Wildman–Crippen LogP) is 4.86. The molecule has 0 spiro atoms. The van der Waals surface area contributed by atoms with Gasteiger partial charge in [0.1, 0.15) is 5.82 Å². The largest absolute Gasteiger partial charge is 0.417 e. The lowest BCUT2D eigenvalue weighted by Gasteiger charge is -2.13. The summed E-state index contributed by atoms with van der Waals surface area (Å²) in [6.45, 7) is 0. The molecule has 0 saturated carbocycles. The van der Waals surface area contributed by atoms with Crippen molar-refractivity contribution in [1.29, 1.82) is 0 Å². The average molecular weight is 362 g/mol. The molecule has 2 nitrogen and oxygen atoms in total. The standard InChI is InChI=1S/C14H8BrF4NO/c15-8-5-6-12(11(16)7-8)20-13(21)9-3-1-2-4-10(9)14(17,18)19/h1-7H,(H,20,21). The van der Waals surface area contributed by atoms with Crippen LogP contribution >= 0.6 is 15.9 Å². The van der Waals surface area contributed by atoms with Crippen molar-refractivity contribution in [2.75, 3.05) is 5.32 Å². The number of carbonyl (C=O) groups is 1. The van der Waals surface area contributed by atoms with Crippen LogP contribution in [0.1, 0.15) is 15.9 Å². The van der Waals surface area contributed by atoms with Gasteiger partial charge < -0.3 is 5.32 Å². The smallest absolute Gasteiger partial charge is 0.319 e. The predicted molar refractivity (Wildman–Crippen MR) is 73.5 cm³/mol. The molecule has 0 radical (unpaired) electrons. The molecule has 2 rings (SSSR count). The summed E-state index contributed by atoms with van der Waals surface area (Å²) >= 11 is 3.04. The highest BCUT2D eigenvalue weighted by atomic mass is 79.9. The van der Waals surface area contributed by atoms with E-state index in [4.69, 9.17) is 0 Å². The van der Waals surface area contributed by atoms with Crippen LogP contribution in [0, 0.1) is 5.82 Å². The summed E-state index contributed by atoms with van der Waals surface area (Å²) in [4.78, 5) is 11.9. The fourth-order valence-corrected chi connectivity index (χ4v) is 2.04. The Hall–Kier alpha value is -1.89. The molecular formula is C14H8BrF4NO. The number of carbonyl (C=O) groups excluding carboxylic acids is 1. The normalized spacial score (nSPS) is 11.3. The van der Waals surface area contributed by atoms with Crippen LogP contribution in [0.3, 0.4) is 0 Å². The molecule has 0 fully saturated rings. The van der Waals surface area contributed by atoms with Crippen LogP contribution in [0.25, 0.3) is 0 Å². The zero-order chi connectivity index (χ0) is 15.6. The van der Waals surface area contributed by atoms with Crippen LogP contribution in [0.4, 0.5) is 23.2 Å². The average Bonchev–Trinajstić information content (AvgIpc) is 2.41. The van der Waals surface area contributed by atoms with E-state index in [2.05, 4.69) is 21.2 Å². The third kappa shape index (κ3) is 3.60. The number of benzene rings is 2. The lowest BCUT2D eigenvalue weighted by atomic mass is 10.1. The third-order valence-electron chi connectivity index (χ3n) is 2.66. The second-order valence-electron chi connectivity index (χ2n) is 4.12. The number of hydrogen-bond donors (Lipinski definition) is 1. The summed E-state index contributed by atoms with van der Waals surface area (Å²) in [6, 6.07) is 8.15. The summed E-state index contributed by atoms with van der Waals surface area (Å²) in [5.41, 5.74) is -1.83. The first kappa shape index (κ1) is 15.5. The minimum Gasteiger partial charge on any atom is -0.319 e. The molecule has 0 bridgehead atoms. The van der Waals surface area contributed by atoms with Gasteiger partial charge in [0.25, 0.3) is 5.91 Å². The Balaban J connectivity index is 2.33. The molecule has 0 heterocycles. The minimum absolute atomic E-state index is 0.194. The molecule has 7 heteroatoms. The second kappa shape index (κ2) is 5.85. The SMILES string of the molecule is O=C(Nc1ccc(Br)cc1F)c1ccccc1C(F)(F)F. The highest BCUT2D eigenvalue weighted by molar-refractivity contribution is 9.10. The van der Waals surface area contributed by atoms with E-state index in [1.165, 1.54) is 24.3 Å². The van der Waals surface area contributed by atoms with E-state index >= 15 is 0 Å². The number of amides is 1. The first-order valence-corrected chi connectivity index (χ1v) is 6.51. The Kier molecular flexibility index (Phi) is 4.32. The molecule has 0 aliphatic rings. The van der Waals surface area contributed by atoms with Crippen molar-refractivity contribution in [2.24, 2.45) is 0 Å². The Morgan fingerprint density at radius 2 is 1.76 bits per heavy atom.